The van der Waals surface area contributed by atoms with Gasteiger partial charge in [0.2, 0.25) is 0 Å². The van der Waals surface area contributed by atoms with Crippen LogP contribution < -0.4 is 0 Å². The van der Waals surface area contributed by atoms with Crippen LogP contribution in [0.4, 0.5) is 0 Å². The van der Waals surface area contributed by atoms with E-state index < -0.39 is 20.1 Å². The highest BCUT2D eigenvalue weighted by Crippen LogP contribution is 2.44. The van der Waals surface area contributed by atoms with Gasteiger partial charge in [-0.05, 0) is 18.4 Å². The minimum absolute atomic E-state index is 0.151. The molecule has 114 valence electrons. The minimum Gasteiger partial charge on any atom is -0.388 e. The fourth-order valence-corrected chi connectivity index (χ4v) is 2.84. The van der Waals surface area contributed by atoms with E-state index in [2.05, 4.69) is 6.92 Å². The summed E-state index contributed by atoms with van der Waals surface area (Å²) in [5.41, 5.74) is 0.359. The molecule has 1 aromatic rings. The standard InChI is InChI=1S/C15H25O4P/c1-3-5-11-15(4-2,12-19-20(17)18)14(16)13-9-7-6-8-10-13/h6-10,14,16-18H,3-5,11-12H2,1-2H3. The molecule has 5 heteroatoms. The van der Waals surface area contributed by atoms with Crippen LogP contribution in [0.1, 0.15) is 51.2 Å². The van der Waals surface area contributed by atoms with E-state index in [-0.39, 0.29) is 6.61 Å². The van der Waals surface area contributed by atoms with E-state index >= 15 is 0 Å². The number of aliphatic hydroxyl groups is 1. The third kappa shape index (κ3) is 4.80. The largest absolute Gasteiger partial charge is 0.388 e. The van der Waals surface area contributed by atoms with E-state index in [4.69, 9.17) is 14.3 Å². The average Bonchev–Trinajstić information content (AvgIpc) is 2.48. The van der Waals surface area contributed by atoms with Gasteiger partial charge in [-0.1, -0.05) is 57.0 Å². The number of benzene rings is 1. The minimum atomic E-state index is -2.39. The Morgan fingerprint density at radius 3 is 2.35 bits per heavy atom. The summed E-state index contributed by atoms with van der Waals surface area (Å²) in [4.78, 5) is 18.0. The van der Waals surface area contributed by atoms with Crippen molar-refractivity contribution in [1.82, 2.24) is 0 Å². The van der Waals surface area contributed by atoms with Gasteiger partial charge in [0.15, 0.2) is 0 Å². The molecule has 0 bridgehead atoms. The van der Waals surface area contributed by atoms with Crippen LogP contribution in [0.5, 0.6) is 0 Å². The fourth-order valence-electron chi connectivity index (χ4n) is 2.46. The number of unbranched alkanes of at least 4 members (excludes halogenated alkanes) is 1. The highest BCUT2D eigenvalue weighted by Gasteiger charge is 2.37. The number of hydrogen-bond acceptors (Lipinski definition) is 4. The maximum atomic E-state index is 10.7. The topological polar surface area (TPSA) is 69.9 Å². The second-order valence-electron chi connectivity index (χ2n) is 5.16. The molecule has 1 rings (SSSR count). The van der Waals surface area contributed by atoms with Gasteiger partial charge in [0.1, 0.15) is 0 Å². The number of aliphatic hydroxyl groups excluding tert-OH is 1. The van der Waals surface area contributed by atoms with Crippen LogP contribution in [-0.4, -0.2) is 21.5 Å². The molecular weight excluding hydrogens is 275 g/mol. The zero-order valence-electron chi connectivity index (χ0n) is 12.2. The van der Waals surface area contributed by atoms with E-state index in [0.717, 1.165) is 24.8 Å². The molecule has 3 N–H and O–H groups in total. The first-order valence-electron chi connectivity index (χ1n) is 7.09. The van der Waals surface area contributed by atoms with Gasteiger partial charge in [0, 0.05) is 5.41 Å². The third-order valence-corrected chi connectivity index (χ3v) is 4.26. The van der Waals surface area contributed by atoms with Gasteiger partial charge in [-0.25, -0.2) is 0 Å². The Balaban J connectivity index is 2.94. The predicted molar refractivity (Wildman–Crippen MR) is 81.0 cm³/mol. The summed E-state index contributed by atoms with van der Waals surface area (Å²) in [7, 11) is -2.39. The van der Waals surface area contributed by atoms with Crippen molar-refractivity contribution >= 4 is 8.60 Å². The molecule has 0 heterocycles. The molecule has 0 aliphatic carbocycles. The number of rotatable bonds is 9. The van der Waals surface area contributed by atoms with E-state index in [1.54, 1.807) is 0 Å². The molecule has 0 fully saturated rings. The van der Waals surface area contributed by atoms with E-state index in [0.29, 0.717) is 6.42 Å². The summed E-state index contributed by atoms with van der Waals surface area (Å²) in [6, 6.07) is 9.48. The van der Waals surface area contributed by atoms with Gasteiger partial charge in [-0.15, -0.1) is 0 Å². The summed E-state index contributed by atoms with van der Waals surface area (Å²) in [5.74, 6) is 0. The zero-order chi connectivity index (χ0) is 15.0. The Morgan fingerprint density at radius 2 is 1.85 bits per heavy atom. The summed E-state index contributed by atoms with van der Waals surface area (Å²) in [5, 5.41) is 10.7. The fraction of sp³-hybridized carbons (Fsp3) is 0.600. The highest BCUT2D eigenvalue weighted by atomic mass is 31.2. The maximum absolute atomic E-state index is 10.7. The Labute approximate surface area is 122 Å². The molecule has 0 amide bonds. The zero-order valence-corrected chi connectivity index (χ0v) is 13.1. The van der Waals surface area contributed by atoms with Gasteiger partial charge in [0.25, 0.3) is 0 Å². The van der Waals surface area contributed by atoms with Gasteiger partial charge in [0.05, 0.1) is 12.7 Å². The Morgan fingerprint density at radius 1 is 1.20 bits per heavy atom. The van der Waals surface area contributed by atoms with Crippen LogP contribution in [0, 0.1) is 5.41 Å². The predicted octanol–water partition coefficient (Wildman–Crippen LogP) is 3.53. The molecule has 0 aromatic heterocycles. The first-order valence-corrected chi connectivity index (χ1v) is 8.26. The van der Waals surface area contributed by atoms with Gasteiger partial charge < -0.3 is 19.4 Å². The Hall–Kier alpha value is -0.510. The van der Waals surface area contributed by atoms with Crippen molar-refractivity contribution in [1.29, 1.82) is 0 Å². The molecular formula is C15H25O4P. The lowest BCUT2D eigenvalue weighted by Crippen LogP contribution is -2.33. The van der Waals surface area contributed by atoms with E-state index in [1.165, 1.54) is 0 Å². The molecule has 2 unspecified atom stereocenters. The first-order chi connectivity index (χ1) is 9.55. The average molecular weight is 300 g/mol. The third-order valence-electron chi connectivity index (χ3n) is 3.90. The van der Waals surface area contributed by atoms with E-state index in [1.807, 2.05) is 37.3 Å². The van der Waals surface area contributed by atoms with Crippen LogP contribution in [0.25, 0.3) is 0 Å². The molecule has 1 aromatic carbocycles. The van der Waals surface area contributed by atoms with Crippen molar-refractivity contribution in [3.63, 3.8) is 0 Å². The van der Waals surface area contributed by atoms with Gasteiger partial charge in [-0.2, -0.15) is 0 Å². The van der Waals surface area contributed by atoms with Crippen molar-refractivity contribution in [2.45, 2.75) is 45.6 Å². The molecule has 20 heavy (non-hydrogen) atoms. The highest BCUT2D eigenvalue weighted by molar-refractivity contribution is 7.39. The van der Waals surface area contributed by atoms with Crippen molar-refractivity contribution in [2.75, 3.05) is 6.61 Å². The van der Waals surface area contributed by atoms with Crippen LogP contribution in [0.2, 0.25) is 0 Å². The molecule has 4 nitrogen and oxygen atoms in total. The van der Waals surface area contributed by atoms with Gasteiger partial charge in [-0.3, -0.25) is 0 Å². The van der Waals surface area contributed by atoms with Crippen LogP contribution in [0.3, 0.4) is 0 Å². The lowest BCUT2D eigenvalue weighted by molar-refractivity contribution is -0.0253. The van der Waals surface area contributed by atoms with Crippen molar-refractivity contribution in [3.05, 3.63) is 35.9 Å². The van der Waals surface area contributed by atoms with Crippen LogP contribution >= 0.6 is 8.60 Å². The van der Waals surface area contributed by atoms with Gasteiger partial charge >= 0.3 is 8.60 Å². The Kier molecular flexibility index (Phi) is 7.63. The lowest BCUT2D eigenvalue weighted by Gasteiger charge is -2.37. The Bertz CT molecular complexity index is 371. The summed E-state index contributed by atoms with van der Waals surface area (Å²) in [6.07, 6.45) is 2.83. The molecule has 0 aliphatic heterocycles. The lowest BCUT2D eigenvalue weighted by atomic mass is 9.73. The second kappa shape index (κ2) is 8.71. The molecule has 0 aliphatic rings. The maximum Gasteiger partial charge on any atom is 0.327 e. The van der Waals surface area contributed by atoms with Crippen molar-refractivity contribution in [2.24, 2.45) is 5.41 Å². The molecule has 0 saturated heterocycles. The summed E-state index contributed by atoms with van der Waals surface area (Å²) < 4.78 is 5.05. The first kappa shape index (κ1) is 17.5. The molecule has 0 saturated carbocycles. The smallest absolute Gasteiger partial charge is 0.327 e. The molecule has 0 spiro atoms. The molecule has 0 radical (unpaired) electrons. The summed E-state index contributed by atoms with van der Waals surface area (Å²) in [6.45, 7) is 4.25. The number of hydrogen-bond donors (Lipinski definition) is 3. The SMILES string of the molecule is CCCCC(CC)(COP(O)O)C(O)c1ccccc1. The normalized spacial score (nSPS) is 16.1. The second-order valence-corrected chi connectivity index (χ2v) is 5.92. The molecule has 2 atom stereocenters. The van der Waals surface area contributed by atoms with Crippen molar-refractivity contribution < 1.29 is 19.4 Å². The monoisotopic (exact) mass is 300 g/mol. The van der Waals surface area contributed by atoms with Crippen LogP contribution in [-0.2, 0) is 4.52 Å². The van der Waals surface area contributed by atoms with Crippen LogP contribution in [0.15, 0.2) is 30.3 Å². The quantitative estimate of drug-likeness (QED) is 0.610. The summed E-state index contributed by atoms with van der Waals surface area (Å²) >= 11 is 0. The van der Waals surface area contributed by atoms with Crippen molar-refractivity contribution in [3.8, 4) is 0 Å². The van der Waals surface area contributed by atoms with E-state index in [9.17, 15) is 5.11 Å².